The van der Waals surface area contributed by atoms with Crippen LogP contribution in [0, 0.1) is 10.1 Å². The zero-order valence-corrected chi connectivity index (χ0v) is 14.8. The van der Waals surface area contributed by atoms with Crippen molar-refractivity contribution in [3.8, 4) is 0 Å². The molecule has 27 heavy (non-hydrogen) atoms. The monoisotopic (exact) mass is 406 g/mol. The van der Waals surface area contributed by atoms with Crippen molar-refractivity contribution in [1.82, 2.24) is 5.32 Å². The van der Waals surface area contributed by atoms with Gasteiger partial charge in [-0.25, -0.2) is 0 Å². The Morgan fingerprint density at radius 3 is 2.37 bits per heavy atom. The summed E-state index contributed by atoms with van der Waals surface area (Å²) in [4.78, 5) is 20.6. The second-order valence-corrected chi connectivity index (χ2v) is 7.38. The number of hydrogen-bond acceptors (Lipinski definition) is 10. The first kappa shape index (κ1) is 21.1. The summed E-state index contributed by atoms with van der Waals surface area (Å²) in [7, 11) is -4.34. The Morgan fingerprint density at radius 1 is 1.26 bits per heavy atom. The molecule has 13 heteroatoms. The van der Waals surface area contributed by atoms with Crippen LogP contribution >= 0.6 is 0 Å². The molecule has 5 atom stereocenters. The predicted octanol–water partition coefficient (Wildman–Crippen LogP) is -1.76. The van der Waals surface area contributed by atoms with E-state index in [1.54, 1.807) is 0 Å². The number of hydrogen-bond donors (Lipinski definition) is 4. The lowest BCUT2D eigenvalue weighted by atomic mass is 9.97. The number of nitro benzene ring substituents is 1. The molecule has 1 aromatic carbocycles. The Kier molecular flexibility index (Phi) is 6.46. The Labute approximate surface area is 153 Å². The molecule has 2 rings (SSSR count). The summed E-state index contributed by atoms with van der Waals surface area (Å²) >= 11 is 0. The van der Waals surface area contributed by atoms with Crippen LogP contribution in [-0.2, 0) is 23.8 Å². The van der Waals surface area contributed by atoms with E-state index in [2.05, 4.69) is 5.32 Å². The van der Waals surface area contributed by atoms with Gasteiger partial charge in [0, 0.05) is 19.1 Å². The minimum Gasteiger partial charge on any atom is -0.388 e. The van der Waals surface area contributed by atoms with E-state index in [1.165, 1.54) is 0 Å². The van der Waals surface area contributed by atoms with E-state index in [1.807, 2.05) is 0 Å². The molecular weight excluding hydrogens is 388 g/mol. The van der Waals surface area contributed by atoms with Gasteiger partial charge in [0.1, 0.15) is 24.4 Å². The van der Waals surface area contributed by atoms with Crippen molar-refractivity contribution in [3.63, 3.8) is 0 Å². The highest BCUT2D eigenvalue weighted by molar-refractivity contribution is 7.86. The first-order chi connectivity index (χ1) is 12.5. The highest BCUT2D eigenvalue weighted by Crippen LogP contribution is 2.23. The number of aliphatic hydroxyl groups is 3. The van der Waals surface area contributed by atoms with Crippen LogP contribution in [-0.4, -0.2) is 71.8 Å². The van der Waals surface area contributed by atoms with Gasteiger partial charge in [-0.1, -0.05) is 0 Å². The number of nitrogens with zero attached hydrogens (tertiary/aromatic N) is 1. The Morgan fingerprint density at radius 2 is 1.85 bits per heavy atom. The van der Waals surface area contributed by atoms with E-state index in [-0.39, 0.29) is 10.6 Å². The standard InChI is InChI=1S/C14H18N2O10S/c1-7(17)15-11-13(19)12(18)10(26-14(11)20)6-25-27(23,24)9-4-2-8(3-5-9)16(21)22/h2-5,10-14,18-20H,6H2,1H3,(H,15,17)/t10-,11+,12-,13-,14?/m1/s1. The van der Waals surface area contributed by atoms with Crippen molar-refractivity contribution in [2.45, 2.75) is 42.5 Å². The molecule has 0 spiro atoms. The molecule has 1 fully saturated rings. The predicted molar refractivity (Wildman–Crippen MR) is 86.7 cm³/mol. The molecule has 150 valence electrons. The fraction of sp³-hybridized carbons (Fsp3) is 0.500. The summed E-state index contributed by atoms with van der Waals surface area (Å²) in [6.07, 6.45) is -6.40. The largest absolute Gasteiger partial charge is 0.388 e. The number of benzene rings is 1. The molecule has 1 aliphatic heterocycles. The lowest BCUT2D eigenvalue weighted by Crippen LogP contribution is -2.64. The van der Waals surface area contributed by atoms with Gasteiger partial charge in [0.25, 0.3) is 15.8 Å². The molecule has 0 aromatic heterocycles. The van der Waals surface area contributed by atoms with Crippen LogP contribution in [0.15, 0.2) is 29.2 Å². The smallest absolute Gasteiger partial charge is 0.297 e. The number of ether oxygens (including phenoxy) is 1. The van der Waals surface area contributed by atoms with Crippen molar-refractivity contribution in [1.29, 1.82) is 0 Å². The van der Waals surface area contributed by atoms with Crippen molar-refractivity contribution < 1.29 is 42.4 Å². The second-order valence-electron chi connectivity index (χ2n) is 5.76. The third-order valence-corrected chi connectivity index (χ3v) is 5.11. The number of amides is 1. The van der Waals surface area contributed by atoms with Gasteiger partial charge < -0.3 is 25.4 Å². The molecule has 0 bridgehead atoms. The molecule has 0 radical (unpaired) electrons. The maximum absolute atomic E-state index is 12.1. The zero-order chi connectivity index (χ0) is 20.4. The Bertz CT molecular complexity index is 797. The SMILES string of the molecule is CC(=O)N[C@@H]1C(O)O[C@H](COS(=O)(=O)c2ccc([N+](=O)[O-])cc2)[C@@H](O)[C@@H]1O. The summed E-state index contributed by atoms with van der Waals surface area (Å²) in [6.45, 7) is 0.388. The third-order valence-electron chi connectivity index (χ3n) is 3.81. The maximum atomic E-state index is 12.1. The van der Waals surface area contributed by atoms with E-state index >= 15 is 0 Å². The van der Waals surface area contributed by atoms with Gasteiger partial charge >= 0.3 is 0 Å². The summed E-state index contributed by atoms with van der Waals surface area (Å²) < 4.78 is 34.0. The Balaban J connectivity index is 2.04. The van der Waals surface area contributed by atoms with Gasteiger partial charge in [-0.05, 0) is 12.1 Å². The molecule has 1 aromatic rings. The number of nitro groups is 1. The molecule has 1 aliphatic rings. The molecule has 0 saturated carbocycles. The van der Waals surface area contributed by atoms with E-state index in [4.69, 9.17) is 8.92 Å². The van der Waals surface area contributed by atoms with Crippen molar-refractivity contribution in [3.05, 3.63) is 34.4 Å². The van der Waals surface area contributed by atoms with Crippen LogP contribution < -0.4 is 5.32 Å². The molecule has 0 aliphatic carbocycles. The van der Waals surface area contributed by atoms with Crippen LogP contribution in [0.3, 0.4) is 0 Å². The average Bonchev–Trinajstić information content (AvgIpc) is 2.60. The highest BCUT2D eigenvalue weighted by Gasteiger charge is 2.44. The second kappa shape index (κ2) is 8.24. The van der Waals surface area contributed by atoms with Crippen LogP contribution in [0.1, 0.15) is 6.92 Å². The normalized spacial score (nSPS) is 28.5. The van der Waals surface area contributed by atoms with Gasteiger partial charge in [-0.15, -0.1) is 0 Å². The summed E-state index contributed by atoms with van der Waals surface area (Å²) in [5.41, 5.74) is -0.310. The summed E-state index contributed by atoms with van der Waals surface area (Å²) in [5, 5.41) is 42.6. The van der Waals surface area contributed by atoms with Crippen molar-refractivity contribution in [2.75, 3.05) is 6.61 Å². The van der Waals surface area contributed by atoms with Crippen LogP contribution in [0.25, 0.3) is 0 Å². The minimum atomic E-state index is -4.34. The van der Waals surface area contributed by atoms with Gasteiger partial charge in [-0.3, -0.25) is 19.1 Å². The molecular formula is C14H18N2O10S. The molecule has 1 unspecified atom stereocenters. The van der Waals surface area contributed by atoms with Gasteiger partial charge in [0.2, 0.25) is 5.91 Å². The topological polar surface area (TPSA) is 186 Å². The van der Waals surface area contributed by atoms with E-state index in [0.717, 1.165) is 31.2 Å². The minimum absolute atomic E-state index is 0.310. The molecule has 1 saturated heterocycles. The highest BCUT2D eigenvalue weighted by atomic mass is 32.2. The van der Waals surface area contributed by atoms with Gasteiger partial charge in [-0.2, -0.15) is 8.42 Å². The van der Waals surface area contributed by atoms with Crippen LogP contribution in [0.5, 0.6) is 0 Å². The fourth-order valence-electron chi connectivity index (χ4n) is 2.43. The van der Waals surface area contributed by atoms with Crippen molar-refractivity contribution in [2.24, 2.45) is 0 Å². The lowest BCUT2D eigenvalue weighted by Gasteiger charge is -2.40. The van der Waals surface area contributed by atoms with E-state index in [9.17, 15) is 38.6 Å². The number of aliphatic hydroxyl groups excluding tert-OH is 3. The molecule has 12 nitrogen and oxygen atoms in total. The molecule has 1 amide bonds. The quantitative estimate of drug-likeness (QED) is 0.240. The fourth-order valence-corrected chi connectivity index (χ4v) is 3.35. The zero-order valence-electron chi connectivity index (χ0n) is 14.0. The van der Waals surface area contributed by atoms with E-state index < -0.39 is 58.2 Å². The summed E-state index contributed by atoms with van der Waals surface area (Å²) in [6, 6.07) is 2.60. The average molecular weight is 406 g/mol. The summed E-state index contributed by atoms with van der Waals surface area (Å²) in [5.74, 6) is -0.579. The number of carbonyl (C=O) groups excluding carboxylic acids is 1. The lowest BCUT2D eigenvalue weighted by molar-refractivity contribution is -0.384. The number of non-ortho nitro benzene ring substituents is 1. The third kappa shape index (κ3) is 4.97. The van der Waals surface area contributed by atoms with Crippen molar-refractivity contribution >= 4 is 21.7 Å². The molecule has 1 heterocycles. The Hall–Kier alpha value is -2.16. The maximum Gasteiger partial charge on any atom is 0.297 e. The van der Waals surface area contributed by atoms with Crippen LogP contribution in [0.2, 0.25) is 0 Å². The van der Waals surface area contributed by atoms with Gasteiger partial charge in [0.15, 0.2) is 6.29 Å². The first-order valence-corrected chi connectivity index (χ1v) is 9.04. The first-order valence-electron chi connectivity index (χ1n) is 7.63. The number of carbonyl (C=O) groups is 1. The van der Waals surface area contributed by atoms with E-state index in [0.29, 0.717) is 0 Å². The van der Waals surface area contributed by atoms with Gasteiger partial charge in [0.05, 0.1) is 16.4 Å². The number of nitrogens with one attached hydrogen (secondary N) is 1. The molecule has 4 N–H and O–H groups in total. The van der Waals surface area contributed by atoms with Crippen LogP contribution in [0.4, 0.5) is 5.69 Å². The number of rotatable bonds is 6.